The summed E-state index contributed by atoms with van der Waals surface area (Å²) in [7, 11) is 0. The minimum absolute atomic E-state index is 0.0539. The molecular formula is C11H23NO2. The first kappa shape index (κ1) is 12.0. The van der Waals surface area contributed by atoms with E-state index in [1.165, 1.54) is 19.3 Å². The van der Waals surface area contributed by atoms with Crippen LogP contribution in [0.3, 0.4) is 0 Å². The van der Waals surface area contributed by atoms with Crippen molar-refractivity contribution in [3.05, 3.63) is 0 Å². The molecule has 84 valence electrons. The van der Waals surface area contributed by atoms with Crippen molar-refractivity contribution in [1.82, 2.24) is 5.32 Å². The van der Waals surface area contributed by atoms with E-state index in [1.807, 2.05) is 6.92 Å². The van der Waals surface area contributed by atoms with Gasteiger partial charge in [-0.3, -0.25) is 0 Å². The molecule has 3 N–H and O–H groups in total. The van der Waals surface area contributed by atoms with Crippen molar-refractivity contribution in [3.8, 4) is 0 Å². The fourth-order valence-corrected chi connectivity index (χ4v) is 2.07. The van der Waals surface area contributed by atoms with Crippen molar-refractivity contribution < 1.29 is 10.2 Å². The Bertz CT molecular complexity index is 155. The van der Waals surface area contributed by atoms with Gasteiger partial charge in [0, 0.05) is 18.7 Å². The lowest BCUT2D eigenvalue weighted by Crippen LogP contribution is -2.51. The lowest BCUT2D eigenvalue weighted by atomic mass is 9.82. The average Bonchev–Trinajstić information content (AvgIpc) is 2.27. The molecule has 3 nitrogen and oxygen atoms in total. The molecule has 0 amide bonds. The zero-order valence-corrected chi connectivity index (χ0v) is 9.13. The van der Waals surface area contributed by atoms with Crippen LogP contribution in [0.25, 0.3) is 0 Å². The van der Waals surface area contributed by atoms with E-state index in [0.717, 1.165) is 19.4 Å². The predicted molar refractivity (Wildman–Crippen MR) is 57.2 cm³/mol. The van der Waals surface area contributed by atoms with Crippen LogP contribution in [0.1, 0.15) is 39.0 Å². The Balaban J connectivity index is 2.36. The number of nitrogens with one attached hydrogen (secondary N) is 1. The third-order valence-corrected chi connectivity index (χ3v) is 3.25. The van der Waals surface area contributed by atoms with Crippen molar-refractivity contribution >= 4 is 0 Å². The van der Waals surface area contributed by atoms with E-state index in [1.54, 1.807) is 0 Å². The molecule has 0 bridgehead atoms. The molecule has 1 aliphatic rings. The van der Waals surface area contributed by atoms with Crippen LogP contribution in [0, 0.1) is 5.92 Å². The molecule has 0 heterocycles. The maximum absolute atomic E-state index is 9.40. The summed E-state index contributed by atoms with van der Waals surface area (Å²) in [5.41, 5.74) is -0.0539. The van der Waals surface area contributed by atoms with Gasteiger partial charge in [0.05, 0.1) is 6.61 Å². The van der Waals surface area contributed by atoms with Crippen LogP contribution in [0.4, 0.5) is 0 Å². The van der Waals surface area contributed by atoms with E-state index in [2.05, 4.69) is 5.32 Å². The smallest absolute Gasteiger partial charge is 0.0613 e. The highest BCUT2D eigenvalue weighted by Gasteiger charge is 2.30. The van der Waals surface area contributed by atoms with Crippen LogP contribution in [-0.4, -0.2) is 35.5 Å². The molecule has 1 fully saturated rings. The average molecular weight is 201 g/mol. The Hall–Kier alpha value is -0.120. The van der Waals surface area contributed by atoms with Gasteiger partial charge in [0.1, 0.15) is 0 Å². The van der Waals surface area contributed by atoms with Crippen LogP contribution in [0.2, 0.25) is 0 Å². The quantitative estimate of drug-likeness (QED) is 0.619. The standard InChI is InChI=1S/C11H23NO2/c1-10(8-13)7-12-11(9-14)5-3-2-4-6-11/h10,12-14H,2-9H2,1H3. The second kappa shape index (κ2) is 5.69. The van der Waals surface area contributed by atoms with Gasteiger partial charge in [-0.05, 0) is 18.8 Å². The van der Waals surface area contributed by atoms with Crippen LogP contribution < -0.4 is 5.32 Å². The molecule has 0 saturated heterocycles. The first-order valence-electron chi connectivity index (χ1n) is 5.69. The summed E-state index contributed by atoms with van der Waals surface area (Å²) >= 11 is 0. The Kier molecular flexibility index (Phi) is 4.85. The van der Waals surface area contributed by atoms with Crippen molar-refractivity contribution in [2.24, 2.45) is 5.92 Å². The van der Waals surface area contributed by atoms with Crippen molar-refractivity contribution in [2.75, 3.05) is 19.8 Å². The Morgan fingerprint density at radius 2 is 1.86 bits per heavy atom. The topological polar surface area (TPSA) is 52.5 Å². The van der Waals surface area contributed by atoms with Gasteiger partial charge < -0.3 is 15.5 Å². The third kappa shape index (κ3) is 3.23. The number of hydrogen-bond donors (Lipinski definition) is 3. The summed E-state index contributed by atoms with van der Waals surface area (Å²) < 4.78 is 0. The first-order valence-corrected chi connectivity index (χ1v) is 5.69. The number of aliphatic hydroxyl groups excluding tert-OH is 2. The lowest BCUT2D eigenvalue weighted by Gasteiger charge is -2.37. The van der Waals surface area contributed by atoms with Gasteiger partial charge in [-0.2, -0.15) is 0 Å². The van der Waals surface area contributed by atoms with Gasteiger partial charge in [0.25, 0.3) is 0 Å². The molecule has 1 unspecified atom stereocenters. The summed E-state index contributed by atoms with van der Waals surface area (Å²) in [4.78, 5) is 0. The molecule has 1 aliphatic carbocycles. The number of rotatable bonds is 5. The summed E-state index contributed by atoms with van der Waals surface area (Å²) in [6.07, 6.45) is 5.85. The van der Waals surface area contributed by atoms with Crippen LogP contribution in [0.5, 0.6) is 0 Å². The zero-order valence-electron chi connectivity index (χ0n) is 9.13. The van der Waals surface area contributed by atoms with E-state index in [-0.39, 0.29) is 24.7 Å². The molecule has 1 rings (SSSR count). The van der Waals surface area contributed by atoms with Crippen molar-refractivity contribution in [2.45, 2.75) is 44.6 Å². The fraction of sp³-hybridized carbons (Fsp3) is 1.00. The molecule has 1 atom stereocenters. The van der Waals surface area contributed by atoms with E-state index in [4.69, 9.17) is 5.11 Å². The van der Waals surface area contributed by atoms with E-state index < -0.39 is 0 Å². The van der Waals surface area contributed by atoms with Gasteiger partial charge in [-0.25, -0.2) is 0 Å². The molecule has 1 saturated carbocycles. The predicted octanol–water partition coefficient (Wildman–Crippen LogP) is 0.900. The molecule has 0 aromatic rings. The van der Waals surface area contributed by atoms with Gasteiger partial charge >= 0.3 is 0 Å². The second-order valence-electron chi connectivity index (χ2n) is 4.67. The highest BCUT2D eigenvalue weighted by molar-refractivity contribution is 4.90. The Morgan fingerprint density at radius 3 is 2.36 bits per heavy atom. The fourth-order valence-electron chi connectivity index (χ4n) is 2.07. The minimum Gasteiger partial charge on any atom is -0.396 e. The summed E-state index contributed by atoms with van der Waals surface area (Å²) in [6.45, 7) is 3.26. The normalized spacial score (nSPS) is 23.4. The lowest BCUT2D eigenvalue weighted by molar-refractivity contribution is 0.111. The van der Waals surface area contributed by atoms with Gasteiger partial charge in [0.2, 0.25) is 0 Å². The molecule has 3 heteroatoms. The van der Waals surface area contributed by atoms with Crippen molar-refractivity contribution in [1.29, 1.82) is 0 Å². The van der Waals surface area contributed by atoms with Crippen molar-refractivity contribution in [3.63, 3.8) is 0 Å². The molecule has 14 heavy (non-hydrogen) atoms. The van der Waals surface area contributed by atoms with E-state index in [0.29, 0.717) is 0 Å². The molecular weight excluding hydrogens is 178 g/mol. The minimum atomic E-state index is -0.0539. The van der Waals surface area contributed by atoms with Gasteiger partial charge in [-0.1, -0.05) is 26.2 Å². The summed E-state index contributed by atoms with van der Waals surface area (Å²) in [5.74, 6) is 0.278. The number of hydrogen-bond acceptors (Lipinski definition) is 3. The largest absolute Gasteiger partial charge is 0.396 e. The molecule has 0 radical (unpaired) electrons. The molecule has 0 aromatic heterocycles. The van der Waals surface area contributed by atoms with Crippen LogP contribution in [-0.2, 0) is 0 Å². The monoisotopic (exact) mass is 201 g/mol. The maximum atomic E-state index is 9.40. The second-order valence-corrected chi connectivity index (χ2v) is 4.67. The summed E-state index contributed by atoms with van der Waals surface area (Å²) in [6, 6.07) is 0. The van der Waals surface area contributed by atoms with E-state index >= 15 is 0 Å². The molecule has 0 aliphatic heterocycles. The van der Waals surface area contributed by atoms with Crippen LogP contribution in [0.15, 0.2) is 0 Å². The first-order chi connectivity index (χ1) is 6.72. The van der Waals surface area contributed by atoms with Crippen LogP contribution >= 0.6 is 0 Å². The summed E-state index contributed by atoms with van der Waals surface area (Å²) in [5, 5.41) is 21.7. The maximum Gasteiger partial charge on any atom is 0.0613 e. The Labute approximate surface area is 86.5 Å². The molecule has 0 aromatic carbocycles. The highest BCUT2D eigenvalue weighted by atomic mass is 16.3. The zero-order chi connectivity index (χ0) is 10.4. The highest BCUT2D eigenvalue weighted by Crippen LogP contribution is 2.27. The Morgan fingerprint density at radius 1 is 1.21 bits per heavy atom. The van der Waals surface area contributed by atoms with E-state index in [9.17, 15) is 5.11 Å². The third-order valence-electron chi connectivity index (χ3n) is 3.25. The van der Waals surface area contributed by atoms with Gasteiger partial charge in [-0.15, -0.1) is 0 Å². The SMILES string of the molecule is CC(CO)CNC1(CO)CCCCC1. The number of aliphatic hydroxyl groups is 2. The molecule has 0 spiro atoms. The van der Waals surface area contributed by atoms with Gasteiger partial charge in [0.15, 0.2) is 0 Å².